The van der Waals surface area contributed by atoms with Gasteiger partial charge in [0.2, 0.25) is 5.43 Å². The molecule has 2 aromatic carbocycles. The van der Waals surface area contributed by atoms with Crippen molar-refractivity contribution in [3.05, 3.63) is 86.8 Å². The van der Waals surface area contributed by atoms with Crippen LogP contribution in [0, 0.1) is 6.92 Å². The van der Waals surface area contributed by atoms with Crippen molar-refractivity contribution in [1.82, 2.24) is 19.7 Å². The van der Waals surface area contributed by atoms with Crippen LogP contribution in [0.3, 0.4) is 0 Å². The Morgan fingerprint density at radius 2 is 1.91 bits per heavy atom. The topological polar surface area (TPSA) is 68.1 Å². The maximum atomic E-state index is 13.3. The van der Waals surface area contributed by atoms with Crippen LogP contribution in [0.25, 0.3) is 15.9 Å². The molecule has 1 atom stereocenters. The van der Waals surface area contributed by atoms with E-state index in [0.717, 1.165) is 40.2 Å². The highest BCUT2D eigenvalue weighted by Crippen LogP contribution is 2.33. The summed E-state index contributed by atoms with van der Waals surface area (Å²) >= 11 is 1.60. The van der Waals surface area contributed by atoms with Crippen LogP contribution in [-0.2, 0) is 6.18 Å². The van der Waals surface area contributed by atoms with Gasteiger partial charge in [-0.15, -0.1) is 11.3 Å². The van der Waals surface area contributed by atoms with Crippen LogP contribution in [-0.4, -0.2) is 38.7 Å². The fourth-order valence-corrected chi connectivity index (χ4v) is 5.44. The van der Waals surface area contributed by atoms with E-state index in [4.69, 9.17) is 4.98 Å². The minimum atomic E-state index is -4.52. The summed E-state index contributed by atoms with van der Waals surface area (Å²) in [5, 5.41) is 5.15. The molecule has 180 valence electrons. The number of fused-ring (bicyclic) bond motifs is 1. The number of halogens is 3. The number of thiazole rings is 1. The van der Waals surface area contributed by atoms with Crippen molar-refractivity contribution in [3.63, 3.8) is 0 Å². The number of hydrogen-bond acceptors (Lipinski definition) is 5. The summed E-state index contributed by atoms with van der Waals surface area (Å²) in [6, 6.07) is 13.7. The van der Waals surface area contributed by atoms with Gasteiger partial charge in [-0.1, -0.05) is 18.2 Å². The number of likely N-dealkylation sites (tertiary alicyclic amines) is 1. The Morgan fingerprint density at radius 1 is 1.11 bits per heavy atom. The Labute approximate surface area is 202 Å². The van der Waals surface area contributed by atoms with Gasteiger partial charge in [0.25, 0.3) is 5.91 Å². The molecule has 1 saturated heterocycles. The van der Waals surface area contributed by atoms with Gasteiger partial charge in [-0.3, -0.25) is 9.59 Å². The smallest absolute Gasteiger partial charge is 0.336 e. The van der Waals surface area contributed by atoms with Crippen molar-refractivity contribution in [2.75, 3.05) is 13.1 Å². The summed E-state index contributed by atoms with van der Waals surface area (Å²) < 4.78 is 41.9. The first kappa shape index (κ1) is 23.2. The molecule has 0 spiro atoms. The fourth-order valence-electron chi connectivity index (χ4n) is 4.35. The van der Waals surface area contributed by atoms with E-state index in [9.17, 15) is 22.8 Å². The number of hydrogen-bond donors (Lipinski definition) is 0. The van der Waals surface area contributed by atoms with E-state index in [2.05, 4.69) is 5.10 Å². The molecule has 2 aromatic heterocycles. The molecule has 0 bridgehead atoms. The van der Waals surface area contributed by atoms with Crippen molar-refractivity contribution in [1.29, 1.82) is 0 Å². The van der Waals surface area contributed by atoms with Gasteiger partial charge in [0.1, 0.15) is 0 Å². The molecule has 4 aromatic rings. The number of benzene rings is 2. The molecule has 1 amide bonds. The molecule has 1 aliphatic rings. The minimum absolute atomic E-state index is 0.0428. The number of rotatable bonds is 3. The van der Waals surface area contributed by atoms with E-state index < -0.39 is 23.1 Å². The molecule has 1 fully saturated rings. The van der Waals surface area contributed by atoms with E-state index in [1.165, 1.54) is 22.9 Å². The van der Waals surface area contributed by atoms with Crippen molar-refractivity contribution in [3.8, 4) is 5.69 Å². The number of amides is 1. The van der Waals surface area contributed by atoms with Gasteiger partial charge in [0.05, 0.1) is 26.5 Å². The van der Waals surface area contributed by atoms with Crippen LogP contribution < -0.4 is 5.43 Å². The third-order valence-electron chi connectivity index (χ3n) is 6.10. The lowest BCUT2D eigenvalue weighted by Gasteiger charge is -2.31. The zero-order chi connectivity index (χ0) is 24.7. The first-order valence-electron chi connectivity index (χ1n) is 11.1. The average molecular weight is 499 g/mol. The van der Waals surface area contributed by atoms with E-state index in [0.29, 0.717) is 18.8 Å². The van der Waals surface area contributed by atoms with Crippen LogP contribution in [0.4, 0.5) is 13.2 Å². The lowest BCUT2D eigenvalue weighted by atomic mass is 9.98. The van der Waals surface area contributed by atoms with Gasteiger partial charge in [0, 0.05) is 30.8 Å². The maximum Gasteiger partial charge on any atom is 0.416 e. The number of para-hydroxylation sites is 1. The predicted molar refractivity (Wildman–Crippen MR) is 127 cm³/mol. The molecule has 0 aliphatic carbocycles. The van der Waals surface area contributed by atoms with Crippen molar-refractivity contribution in [2.24, 2.45) is 0 Å². The third kappa shape index (κ3) is 4.58. The van der Waals surface area contributed by atoms with E-state index in [-0.39, 0.29) is 17.3 Å². The van der Waals surface area contributed by atoms with E-state index in [1.54, 1.807) is 23.2 Å². The van der Waals surface area contributed by atoms with Crippen LogP contribution in [0.15, 0.2) is 59.4 Å². The van der Waals surface area contributed by atoms with Crippen LogP contribution in [0.1, 0.15) is 45.5 Å². The average Bonchev–Trinajstić information content (AvgIpc) is 3.28. The molecule has 0 saturated carbocycles. The summed E-state index contributed by atoms with van der Waals surface area (Å²) in [4.78, 5) is 32.3. The Bertz CT molecular complexity index is 1440. The number of carbonyl (C=O) groups is 1. The van der Waals surface area contributed by atoms with Crippen molar-refractivity contribution in [2.45, 2.75) is 31.9 Å². The fraction of sp³-hybridized carbons (Fsp3) is 0.280. The maximum absolute atomic E-state index is 13.3. The summed E-state index contributed by atoms with van der Waals surface area (Å²) in [5.41, 5.74) is -0.331. The number of nitrogens with zero attached hydrogens (tertiary/aromatic N) is 4. The molecule has 10 heteroatoms. The van der Waals surface area contributed by atoms with Gasteiger partial charge in [-0.2, -0.15) is 18.3 Å². The van der Waals surface area contributed by atoms with Crippen LogP contribution in [0.2, 0.25) is 0 Å². The second-order valence-electron chi connectivity index (χ2n) is 8.57. The highest BCUT2D eigenvalue weighted by atomic mass is 32.1. The zero-order valence-corrected chi connectivity index (χ0v) is 19.6. The standard InChI is InChI=1S/C25H21F3N4O2S/c1-15-12-20(33)22(30-32(15)18-8-4-7-17(13-18)25(26,27)28)24(34)31-11-5-6-16(14-31)23-29-19-9-2-3-10-21(19)35-23/h2-4,7-10,12-13,16H,5-6,11,14H2,1H3/t16-/m0/s1. The molecule has 0 unspecified atom stereocenters. The lowest BCUT2D eigenvalue weighted by Crippen LogP contribution is -2.42. The molecule has 6 nitrogen and oxygen atoms in total. The number of aromatic nitrogens is 3. The summed E-state index contributed by atoms with van der Waals surface area (Å²) in [6.45, 7) is 2.43. The lowest BCUT2D eigenvalue weighted by molar-refractivity contribution is -0.137. The number of alkyl halides is 3. The Kier molecular flexibility index (Phi) is 5.92. The molecule has 5 rings (SSSR count). The Balaban J connectivity index is 1.45. The van der Waals surface area contributed by atoms with Gasteiger partial charge in [-0.05, 0) is 50.1 Å². The third-order valence-corrected chi connectivity index (χ3v) is 7.30. The van der Waals surface area contributed by atoms with Gasteiger partial charge < -0.3 is 4.90 Å². The largest absolute Gasteiger partial charge is 0.416 e. The zero-order valence-electron chi connectivity index (χ0n) is 18.7. The van der Waals surface area contributed by atoms with Crippen LogP contribution in [0.5, 0.6) is 0 Å². The second kappa shape index (κ2) is 8.92. The van der Waals surface area contributed by atoms with E-state index >= 15 is 0 Å². The number of aryl methyl sites for hydroxylation is 1. The summed E-state index contributed by atoms with van der Waals surface area (Å²) in [6.07, 6.45) is -2.90. The van der Waals surface area contributed by atoms with Gasteiger partial charge in [0.15, 0.2) is 5.69 Å². The highest BCUT2D eigenvalue weighted by molar-refractivity contribution is 7.18. The Hall–Kier alpha value is -3.53. The van der Waals surface area contributed by atoms with E-state index in [1.807, 2.05) is 24.3 Å². The molecule has 0 N–H and O–H groups in total. The molecule has 0 radical (unpaired) electrons. The monoisotopic (exact) mass is 498 g/mol. The molecule has 35 heavy (non-hydrogen) atoms. The van der Waals surface area contributed by atoms with Crippen molar-refractivity contribution >= 4 is 27.5 Å². The summed E-state index contributed by atoms with van der Waals surface area (Å²) in [5.74, 6) is -0.484. The second-order valence-corrected chi connectivity index (χ2v) is 9.63. The molecule has 3 heterocycles. The molecular formula is C25H21F3N4O2S. The van der Waals surface area contributed by atoms with Crippen LogP contribution >= 0.6 is 11.3 Å². The molecular weight excluding hydrogens is 477 g/mol. The van der Waals surface area contributed by atoms with Crippen molar-refractivity contribution < 1.29 is 18.0 Å². The minimum Gasteiger partial charge on any atom is -0.336 e. The first-order valence-corrected chi connectivity index (χ1v) is 12.0. The predicted octanol–water partition coefficient (Wildman–Crippen LogP) is 5.19. The quantitative estimate of drug-likeness (QED) is 0.390. The number of piperidine rings is 1. The molecule has 1 aliphatic heterocycles. The SMILES string of the molecule is Cc1cc(=O)c(C(=O)N2CCC[C@H](c3nc4ccccc4s3)C2)nn1-c1cccc(C(F)(F)F)c1. The highest BCUT2D eigenvalue weighted by Gasteiger charge is 2.32. The normalized spacial score (nSPS) is 16.6. The first-order chi connectivity index (χ1) is 16.7. The van der Waals surface area contributed by atoms with Gasteiger partial charge in [-0.25, -0.2) is 9.67 Å². The Morgan fingerprint density at radius 3 is 2.69 bits per heavy atom. The van der Waals surface area contributed by atoms with Gasteiger partial charge >= 0.3 is 6.18 Å². The summed E-state index contributed by atoms with van der Waals surface area (Å²) in [7, 11) is 0. The number of carbonyl (C=O) groups excluding carboxylic acids is 1.